The minimum Gasteiger partial charge on any atom is -0.325 e. The average molecular weight is 249 g/mol. The fraction of sp³-hybridized carbons (Fsp3) is 1.00. The van der Waals surface area contributed by atoms with Gasteiger partial charge in [0.25, 0.3) is 0 Å². The van der Waals surface area contributed by atoms with Gasteiger partial charge in [0, 0.05) is 5.54 Å². The normalized spacial score (nSPS) is 50.2. The monoisotopic (exact) mass is 249 g/mol. The van der Waals surface area contributed by atoms with Gasteiger partial charge in [0.1, 0.15) is 0 Å². The van der Waals surface area contributed by atoms with Gasteiger partial charge in [-0.1, -0.05) is 33.1 Å². The van der Waals surface area contributed by atoms with Crippen molar-refractivity contribution in [3.63, 3.8) is 0 Å². The van der Waals surface area contributed by atoms with Gasteiger partial charge in [0.05, 0.1) is 0 Å². The second kappa shape index (κ2) is 4.81. The van der Waals surface area contributed by atoms with E-state index in [0.717, 1.165) is 29.6 Å². The summed E-state index contributed by atoms with van der Waals surface area (Å²) in [4.78, 5) is 0. The second-order valence-electron chi connectivity index (χ2n) is 7.89. The van der Waals surface area contributed by atoms with Gasteiger partial charge < -0.3 is 5.73 Å². The van der Waals surface area contributed by atoms with Crippen LogP contribution in [0.25, 0.3) is 0 Å². The number of hydrogen-bond donors (Lipinski definition) is 1. The first-order valence-corrected chi connectivity index (χ1v) is 8.37. The van der Waals surface area contributed by atoms with E-state index in [9.17, 15) is 0 Å². The largest absolute Gasteiger partial charge is 0.325 e. The van der Waals surface area contributed by atoms with Gasteiger partial charge in [-0.2, -0.15) is 0 Å². The summed E-state index contributed by atoms with van der Waals surface area (Å²) in [6.07, 6.45) is 12.7. The zero-order valence-corrected chi connectivity index (χ0v) is 12.3. The van der Waals surface area contributed by atoms with Crippen LogP contribution in [0.3, 0.4) is 0 Å². The van der Waals surface area contributed by atoms with E-state index in [-0.39, 0.29) is 5.54 Å². The van der Waals surface area contributed by atoms with Gasteiger partial charge in [-0.25, -0.2) is 0 Å². The highest BCUT2D eigenvalue weighted by Crippen LogP contribution is 2.50. The molecule has 0 bridgehead atoms. The van der Waals surface area contributed by atoms with Crippen LogP contribution in [0, 0.1) is 29.6 Å². The lowest BCUT2D eigenvalue weighted by Gasteiger charge is -2.47. The molecule has 3 saturated carbocycles. The number of nitrogens with two attached hydrogens (primary N) is 1. The molecule has 18 heavy (non-hydrogen) atoms. The van der Waals surface area contributed by atoms with E-state index in [0.29, 0.717) is 0 Å². The van der Waals surface area contributed by atoms with Crippen molar-refractivity contribution in [1.29, 1.82) is 0 Å². The molecule has 104 valence electrons. The molecule has 3 aliphatic carbocycles. The fourth-order valence-corrected chi connectivity index (χ4v) is 4.80. The van der Waals surface area contributed by atoms with Crippen molar-refractivity contribution in [2.24, 2.45) is 35.3 Å². The van der Waals surface area contributed by atoms with E-state index in [4.69, 9.17) is 5.73 Å². The standard InChI is InChI=1S/C17H31N/c1-12-5-8-16(10-13(12)2)17(18)9-3-4-15(11-17)14-6-7-14/h12-16H,3-11,18H2,1-2H3. The maximum Gasteiger partial charge on any atom is 0.0185 e. The van der Waals surface area contributed by atoms with Crippen molar-refractivity contribution in [2.75, 3.05) is 0 Å². The first-order valence-electron chi connectivity index (χ1n) is 8.37. The van der Waals surface area contributed by atoms with Crippen molar-refractivity contribution >= 4 is 0 Å². The summed E-state index contributed by atoms with van der Waals surface area (Å²) in [6.45, 7) is 4.87. The average Bonchev–Trinajstić information content (AvgIpc) is 3.17. The van der Waals surface area contributed by atoms with Crippen molar-refractivity contribution < 1.29 is 0 Å². The van der Waals surface area contributed by atoms with E-state index in [2.05, 4.69) is 13.8 Å². The first-order chi connectivity index (χ1) is 8.58. The van der Waals surface area contributed by atoms with Crippen molar-refractivity contribution in [2.45, 2.75) is 77.2 Å². The molecule has 0 saturated heterocycles. The zero-order valence-electron chi connectivity index (χ0n) is 12.3. The summed E-state index contributed by atoms with van der Waals surface area (Å²) in [5.74, 6) is 4.69. The van der Waals surface area contributed by atoms with Gasteiger partial charge in [0.15, 0.2) is 0 Å². The van der Waals surface area contributed by atoms with Crippen LogP contribution in [-0.4, -0.2) is 5.54 Å². The van der Waals surface area contributed by atoms with E-state index in [1.54, 1.807) is 0 Å². The van der Waals surface area contributed by atoms with E-state index in [1.807, 2.05) is 0 Å². The molecule has 0 spiro atoms. The lowest BCUT2D eigenvalue weighted by molar-refractivity contribution is 0.0793. The molecule has 1 heteroatoms. The summed E-state index contributed by atoms with van der Waals surface area (Å²) >= 11 is 0. The van der Waals surface area contributed by atoms with Gasteiger partial charge in [-0.05, 0) is 68.1 Å². The zero-order chi connectivity index (χ0) is 12.8. The molecule has 0 amide bonds. The molecule has 0 aromatic rings. The van der Waals surface area contributed by atoms with Gasteiger partial charge >= 0.3 is 0 Å². The van der Waals surface area contributed by atoms with Crippen LogP contribution in [0.2, 0.25) is 0 Å². The third-order valence-electron chi connectivity index (χ3n) is 6.56. The van der Waals surface area contributed by atoms with Crippen LogP contribution >= 0.6 is 0 Å². The minimum atomic E-state index is 0.208. The lowest BCUT2D eigenvalue weighted by atomic mass is 9.61. The van der Waals surface area contributed by atoms with Crippen LogP contribution in [-0.2, 0) is 0 Å². The lowest BCUT2D eigenvalue weighted by Crippen LogP contribution is -2.52. The second-order valence-corrected chi connectivity index (χ2v) is 7.89. The summed E-state index contributed by atoms with van der Waals surface area (Å²) in [6, 6.07) is 0. The first kappa shape index (κ1) is 13.0. The topological polar surface area (TPSA) is 26.0 Å². The van der Waals surface area contributed by atoms with Crippen LogP contribution in [0.15, 0.2) is 0 Å². The van der Waals surface area contributed by atoms with Crippen LogP contribution < -0.4 is 5.73 Å². The maximum absolute atomic E-state index is 6.90. The summed E-state index contributed by atoms with van der Waals surface area (Å²) in [5, 5.41) is 0. The Balaban J connectivity index is 1.65. The quantitative estimate of drug-likeness (QED) is 0.773. The molecule has 0 heterocycles. The van der Waals surface area contributed by atoms with Gasteiger partial charge in [-0.3, -0.25) is 0 Å². The Morgan fingerprint density at radius 2 is 1.67 bits per heavy atom. The molecule has 1 nitrogen and oxygen atoms in total. The molecule has 5 atom stereocenters. The third kappa shape index (κ3) is 2.48. The predicted octanol–water partition coefficient (Wildman–Crippen LogP) is 4.36. The highest BCUT2D eigenvalue weighted by Gasteiger charge is 2.45. The summed E-state index contributed by atoms with van der Waals surface area (Å²) < 4.78 is 0. The van der Waals surface area contributed by atoms with Crippen molar-refractivity contribution in [3.8, 4) is 0 Å². The Hall–Kier alpha value is -0.0400. The molecule has 3 aliphatic rings. The van der Waals surface area contributed by atoms with Crippen LogP contribution in [0.5, 0.6) is 0 Å². The SMILES string of the molecule is CC1CCC(C2(N)CCCC(C3CC3)C2)CC1C. The van der Waals surface area contributed by atoms with Crippen LogP contribution in [0.4, 0.5) is 0 Å². The molecular weight excluding hydrogens is 218 g/mol. The molecule has 0 aliphatic heterocycles. The minimum absolute atomic E-state index is 0.208. The molecule has 5 unspecified atom stereocenters. The molecule has 2 N–H and O–H groups in total. The molecule has 3 rings (SSSR count). The fourth-order valence-electron chi connectivity index (χ4n) is 4.80. The number of hydrogen-bond acceptors (Lipinski definition) is 1. The highest BCUT2D eigenvalue weighted by atomic mass is 14.8. The molecule has 3 fully saturated rings. The Kier molecular flexibility index (Phi) is 3.47. The van der Waals surface area contributed by atoms with Gasteiger partial charge in [0.2, 0.25) is 0 Å². The molecule has 0 aromatic heterocycles. The Labute approximate surface area is 113 Å². The summed E-state index contributed by atoms with van der Waals surface area (Å²) in [7, 11) is 0. The summed E-state index contributed by atoms with van der Waals surface area (Å²) in [5.41, 5.74) is 7.11. The van der Waals surface area contributed by atoms with E-state index >= 15 is 0 Å². The highest BCUT2D eigenvalue weighted by molar-refractivity contribution is 5.00. The molecule has 0 radical (unpaired) electrons. The Morgan fingerprint density at radius 3 is 2.33 bits per heavy atom. The van der Waals surface area contributed by atoms with Crippen LogP contribution in [0.1, 0.15) is 71.6 Å². The molecule has 0 aromatic carbocycles. The van der Waals surface area contributed by atoms with Gasteiger partial charge in [-0.15, -0.1) is 0 Å². The predicted molar refractivity (Wildman–Crippen MR) is 77.3 cm³/mol. The third-order valence-corrected chi connectivity index (χ3v) is 6.56. The Morgan fingerprint density at radius 1 is 0.889 bits per heavy atom. The van der Waals surface area contributed by atoms with E-state index < -0.39 is 0 Å². The van der Waals surface area contributed by atoms with E-state index in [1.165, 1.54) is 57.8 Å². The smallest absolute Gasteiger partial charge is 0.0185 e. The van der Waals surface area contributed by atoms with Crippen molar-refractivity contribution in [1.82, 2.24) is 0 Å². The molecular formula is C17H31N. The van der Waals surface area contributed by atoms with Crippen molar-refractivity contribution in [3.05, 3.63) is 0 Å². The maximum atomic E-state index is 6.90. The Bertz CT molecular complexity index is 296. The number of rotatable bonds is 2.